The van der Waals surface area contributed by atoms with E-state index in [9.17, 15) is 0 Å². The summed E-state index contributed by atoms with van der Waals surface area (Å²) in [6.07, 6.45) is 5.20. The van der Waals surface area contributed by atoms with E-state index in [4.69, 9.17) is 5.73 Å². The van der Waals surface area contributed by atoms with Crippen LogP contribution in [0.25, 0.3) is 0 Å². The summed E-state index contributed by atoms with van der Waals surface area (Å²) in [5.41, 5.74) is 9.18. The number of aryl methyl sites for hydroxylation is 3. The third-order valence-electron chi connectivity index (χ3n) is 3.43. The number of nitrogens with two attached hydrogens (primary N) is 1. The van der Waals surface area contributed by atoms with E-state index < -0.39 is 0 Å². The van der Waals surface area contributed by atoms with E-state index in [1.807, 2.05) is 11.3 Å². The van der Waals surface area contributed by atoms with Crippen molar-refractivity contribution >= 4 is 22.7 Å². The summed E-state index contributed by atoms with van der Waals surface area (Å²) in [5.74, 6) is 0. The monoisotopic (exact) mass is 263 g/mol. The minimum absolute atomic E-state index is 0.0792. The smallest absolute Gasteiger partial charge is 0.0654 e. The van der Waals surface area contributed by atoms with Crippen LogP contribution in [-0.4, -0.2) is 0 Å². The van der Waals surface area contributed by atoms with E-state index in [-0.39, 0.29) is 6.04 Å². The molecular weight excluding hydrogens is 246 g/mol. The zero-order valence-electron chi connectivity index (χ0n) is 10.0. The van der Waals surface area contributed by atoms with Crippen molar-refractivity contribution in [2.75, 3.05) is 0 Å². The molecule has 0 aliphatic heterocycles. The summed E-state index contributed by atoms with van der Waals surface area (Å²) in [7, 11) is 0. The van der Waals surface area contributed by atoms with Crippen molar-refractivity contribution in [2.24, 2.45) is 5.73 Å². The molecule has 0 aromatic carbocycles. The van der Waals surface area contributed by atoms with Crippen LogP contribution in [0.3, 0.4) is 0 Å². The van der Waals surface area contributed by atoms with Crippen molar-refractivity contribution in [3.8, 4) is 0 Å². The van der Waals surface area contributed by atoms with Crippen molar-refractivity contribution in [3.05, 3.63) is 43.3 Å². The molecule has 0 saturated carbocycles. The van der Waals surface area contributed by atoms with E-state index in [1.165, 1.54) is 41.0 Å². The fourth-order valence-electron chi connectivity index (χ4n) is 2.46. The Hall–Kier alpha value is -0.640. The molecule has 2 N–H and O–H groups in total. The lowest BCUT2D eigenvalue weighted by Gasteiger charge is -2.08. The Balaban J connectivity index is 1.91. The largest absolute Gasteiger partial charge is 0.320 e. The van der Waals surface area contributed by atoms with E-state index in [2.05, 4.69) is 24.4 Å². The Kier molecular flexibility index (Phi) is 3.07. The third-order valence-corrected chi connectivity index (χ3v) is 5.63. The molecule has 0 saturated heterocycles. The Morgan fingerprint density at radius 3 is 2.76 bits per heavy atom. The summed E-state index contributed by atoms with van der Waals surface area (Å²) in [5, 5.41) is 2.19. The van der Waals surface area contributed by atoms with Gasteiger partial charge in [0.15, 0.2) is 0 Å². The highest BCUT2D eigenvalue weighted by molar-refractivity contribution is 7.12. The van der Waals surface area contributed by atoms with Gasteiger partial charge in [0.05, 0.1) is 6.04 Å². The molecule has 1 aliphatic rings. The van der Waals surface area contributed by atoms with Gasteiger partial charge in [0.2, 0.25) is 0 Å². The average molecular weight is 263 g/mol. The second-order valence-corrected chi connectivity index (χ2v) is 7.06. The van der Waals surface area contributed by atoms with Gasteiger partial charge in [-0.3, -0.25) is 0 Å². The Bertz CT molecular complexity index is 501. The second kappa shape index (κ2) is 4.56. The van der Waals surface area contributed by atoms with E-state index >= 15 is 0 Å². The first-order valence-corrected chi connectivity index (χ1v) is 7.86. The van der Waals surface area contributed by atoms with Crippen molar-refractivity contribution in [1.82, 2.24) is 0 Å². The van der Waals surface area contributed by atoms with Crippen LogP contribution in [0, 0.1) is 6.92 Å². The number of hydrogen-bond acceptors (Lipinski definition) is 3. The Morgan fingerprint density at radius 1 is 1.24 bits per heavy atom. The van der Waals surface area contributed by atoms with Gasteiger partial charge >= 0.3 is 0 Å². The molecular formula is C14H17NS2. The zero-order chi connectivity index (χ0) is 11.8. The summed E-state index contributed by atoms with van der Waals surface area (Å²) < 4.78 is 0. The molecule has 1 unspecified atom stereocenters. The number of rotatable bonds is 2. The first-order valence-electron chi connectivity index (χ1n) is 6.16. The summed E-state index contributed by atoms with van der Waals surface area (Å²) in [4.78, 5) is 4.26. The topological polar surface area (TPSA) is 26.0 Å². The molecule has 3 rings (SSSR count). The lowest BCUT2D eigenvalue weighted by Crippen LogP contribution is -2.08. The molecule has 90 valence electrons. The maximum Gasteiger partial charge on any atom is 0.0654 e. The van der Waals surface area contributed by atoms with Crippen LogP contribution in [0.5, 0.6) is 0 Å². The lowest BCUT2D eigenvalue weighted by molar-refractivity contribution is 0.696. The van der Waals surface area contributed by atoms with Crippen molar-refractivity contribution in [2.45, 2.75) is 38.6 Å². The molecule has 3 heteroatoms. The third kappa shape index (κ3) is 2.19. The van der Waals surface area contributed by atoms with E-state index in [0.717, 1.165) is 0 Å². The minimum atomic E-state index is 0.0792. The van der Waals surface area contributed by atoms with Gasteiger partial charge in [-0.1, -0.05) is 0 Å². The van der Waals surface area contributed by atoms with E-state index in [0.29, 0.717) is 0 Å². The molecule has 2 aromatic heterocycles. The average Bonchev–Trinajstić information content (AvgIpc) is 2.93. The fourth-order valence-corrected chi connectivity index (χ4v) is 4.49. The zero-order valence-corrected chi connectivity index (χ0v) is 11.7. The van der Waals surface area contributed by atoms with Gasteiger partial charge in [-0.15, -0.1) is 22.7 Å². The maximum atomic E-state index is 6.36. The lowest BCUT2D eigenvalue weighted by atomic mass is 9.98. The highest BCUT2D eigenvalue weighted by atomic mass is 32.1. The van der Waals surface area contributed by atoms with E-state index in [1.54, 1.807) is 21.8 Å². The summed E-state index contributed by atoms with van der Waals surface area (Å²) in [6, 6.07) is 4.64. The molecule has 17 heavy (non-hydrogen) atoms. The highest BCUT2D eigenvalue weighted by Crippen LogP contribution is 2.35. The van der Waals surface area contributed by atoms with Crippen LogP contribution in [0.4, 0.5) is 0 Å². The number of thiophene rings is 2. The van der Waals surface area contributed by atoms with Gasteiger partial charge in [-0.2, -0.15) is 0 Å². The molecule has 0 fully saturated rings. The van der Waals surface area contributed by atoms with Crippen LogP contribution in [0.2, 0.25) is 0 Å². The molecule has 2 heterocycles. The van der Waals surface area contributed by atoms with Crippen molar-refractivity contribution in [1.29, 1.82) is 0 Å². The van der Waals surface area contributed by atoms with Crippen LogP contribution >= 0.6 is 22.7 Å². The SMILES string of the molecule is Cc1cc(C(N)c2cc3c(s2)CCCC3)cs1. The predicted octanol–water partition coefficient (Wildman–Crippen LogP) is 4.04. The molecule has 1 atom stereocenters. The normalized spacial score (nSPS) is 16.8. The van der Waals surface area contributed by atoms with Crippen LogP contribution in [0.15, 0.2) is 17.5 Å². The minimum Gasteiger partial charge on any atom is -0.320 e. The molecule has 1 aliphatic carbocycles. The molecule has 0 radical (unpaired) electrons. The Labute approximate surface area is 110 Å². The van der Waals surface area contributed by atoms with Crippen molar-refractivity contribution in [3.63, 3.8) is 0 Å². The first kappa shape index (κ1) is 11.5. The van der Waals surface area contributed by atoms with Crippen LogP contribution < -0.4 is 5.73 Å². The predicted molar refractivity (Wildman–Crippen MR) is 76.0 cm³/mol. The molecule has 0 amide bonds. The summed E-state index contributed by atoms with van der Waals surface area (Å²) >= 11 is 3.71. The van der Waals surface area contributed by atoms with Gasteiger partial charge in [0, 0.05) is 14.6 Å². The van der Waals surface area contributed by atoms with Crippen LogP contribution in [-0.2, 0) is 12.8 Å². The molecule has 0 spiro atoms. The maximum absolute atomic E-state index is 6.36. The molecule has 2 aromatic rings. The van der Waals surface area contributed by atoms with Gasteiger partial charge in [0.1, 0.15) is 0 Å². The summed E-state index contributed by atoms with van der Waals surface area (Å²) in [6.45, 7) is 2.14. The first-order chi connectivity index (χ1) is 8.24. The van der Waals surface area contributed by atoms with Gasteiger partial charge in [-0.25, -0.2) is 0 Å². The highest BCUT2D eigenvalue weighted by Gasteiger charge is 2.18. The second-order valence-electron chi connectivity index (χ2n) is 4.77. The van der Waals surface area contributed by atoms with Gasteiger partial charge < -0.3 is 5.73 Å². The quantitative estimate of drug-likeness (QED) is 0.869. The number of hydrogen-bond donors (Lipinski definition) is 1. The molecule has 1 nitrogen and oxygen atoms in total. The molecule has 0 bridgehead atoms. The Morgan fingerprint density at radius 2 is 2.06 bits per heavy atom. The van der Waals surface area contributed by atoms with Gasteiger partial charge in [-0.05, 0) is 61.2 Å². The van der Waals surface area contributed by atoms with Gasteiger partial charge in [0.25, 0.3) is 0 Å². The van der Waals surface area contributed by atoms with Crippen molar-refractivity contribution < 1.29 is 0 Å². The number of fused-ring (bicyclic) bond motifs is 1. The fraction of sp³-hybridized carbons (Fsp3) is 0.429. The van der Waals surface area contributed by atoms with Crippen LogP contribution in [0.1, 0.15) is 44.6 Å². The standard InChI is InChI=1S/C14H17NS2/c1-9-6-11(8-16-9)14(15)13-7-10-4-2-3-5-12(10)17-13/h6-8,14H,2-5,15H2,1H3.